The molecular weight excluding hydrogens is 446 g/mol. The van der Waals surface area contributed by atoms with Crippen molar-refractivity contribution in [1.29, 1.82) is 0 Å². The molecule has 3 aromatic heterocycles. The van der Waals surface area contributed by atoms with Gasteiger partial charge in [-0.25, -0.2) is 4.98 Å². The fourth-order valence-electron chi connectivity index (χ4n) is 4.99. The van der Waals surface area contributed by atoms with Gasteiger partial charge in [-0.05, 0) is 52.2 Å². The van der Waals surface area contributed by atoms with E-state index in [-0.39, 0.29) is 32.9 Å². The summed E-state index contributed by atoms with van der Waals surface area (Å²) in [4.78, 5) is 30.3. The summed E-state index contributed by atoms with van der Waals surface area (Å²) < 4.78 is 40.1. The number of nitrogens with zero attached hydrogens (tertiary/aromatic N) is 3. The zero-order valence-electron chi connectivity index (χ0n) is 19.2. The number of anilines is 1. The monoisotopic (exact) mass is 472 g/mol. The first kappa shape index (κ1) is 22.5. The van der Waals surface area contributed by atoms with Crippen LogP contribution in [0.25, 0.3) is 5.65 Å². The predicted octanol–water partition coefficient (Wildman–Crippen LogP) is 4.14. The summed E-state index contributed by atoms with van der Waals surface area (Å²) in [6.45, 7) is 3.38. The molecule has 0 spiro atoms. The highest BCUT2D eigenvalue weighted by atomic mass is 19.3. The minimum absolute atomic E-state index is 0.117. The van der Waals surface area contributed by atoms with Gasteiger partial charge in [-0.2, -0.15) is 8.78 Å². The van der Waals surface area contributed by atoms with Crippen molar-refractivity contribution >= 4 is 17.2 Å². The van der Waals surface area contributed by atoms with Gasteiger partial charge in [0.1, 0.15) is 17.1 Å². The van der Waals surface area contributed by atoms with Gasteiger partial charge in [0.15, 0.2) is 0 Å². The maximum Gasteiger partial charge on any atom is 0.321 e. The number of hydrogen-bond acceptors (Lipinski definition) is 5. The van der Waals surface area contributed by atoms with Crippen LogP contribution >= 0.6 is 0 Å². The smallest absolute Gasteiger partial charge is 0.321 e. The predicted molar refractivity (Wildman–Crippen MR) is 121 cm³/mol. The number of ether oxygens (including phenoxy) is 2. The third-order valence-corrected chi connectivity index (χ3v) is 6.68. The van der Waals surface area contributed by atoms with E-state index in [2.05, 4.69) is 12.2 Å². The maximum atomic E-state index is 13.1. The molecule has 1 aliphatic carbocycles. The molecule has 34 heavy (non-hydrogen) atoms. The van der Waals surface area contributed by atoms with E-state index < -0.39 is 18.0 Å². The summed E-state index contributed by atoms with van der Waals surface area (Å²) in [7, 11) is 0. The third kappa shape index (κ3) is 3.75. The zero-order valence-corrected chi connectivity index (χ0v) is 19.2. The Balaban J connectivity index is 1.53. The number of amides is 1. The van der Waals surface area contributed by atoms with Gasteiger partial charge in [0, 0.05) is 30.1 Å². The second-order valence-corrected chi connectivity index (χ2v) is 9.67. The Hall–Kier alpha value is -3.27. The Morgan fingerprint density at radius 1 is 1.29 bits per heavy atom. The van der Waals surface area contributed by atoms with Crippen LogP contribution in [0.2, 0.25) is 0 Å². The van der Waals surface area contributed by atoms with Gasteiger partial charge in [-0.15, -0.1) is 0 Å². The van der Waals surface area contributed by atoms with Gasteiger partial charge in [0.2, 0.25) is 0 Å². The molecule has 0 radical (unpaired) electrons. The van der Waals surface area contributed by atoms with E-state index >= 15 is 0 Å². The van der Waals surface area contributed by atoms with Crippen molar-refractivity contribution in [3.63, 3.8) is 0 Å². The molecule has 2 aliphatic rings. The quantitative estimate of drug-likeness (QED) is 0.583. The summed E-state index contributed by atoms with van der Waals surface area (Å²) in [5, 5.41) is 2.45. The summed E-state index contributed by atoms with van der Waals surface area (Å²) in [6.07, 6.45) is 7.09. The van der Waals surface area contributed by atoms with Crippen molar-refractivity contribution in [2.24, 2.45) is 0 Å². The minimum Gasteiger partial charge on any atom is -0.490 e. The number of fused-ring (bicyclic) bond motifs is 3. The highest BCUT2D eigenvalue weighted by Gasteiger charge is 2.55. The number of carbonyl (C=O) groups is 1. The Labute approximate surface area is 194 Å². The SMILES string of the molecule is CC(C)Oc1cc2nc([C@]34CC[C@](C)(C3)OC4)cn2cc1C(=O)Nc1cccn(C(F)F)c1=O. The fraction of sp³-hybridized carbons (Fsp3) is 0.458. The van der Waals surface area contributed by atoms with Gasteiger partial charge in [0.25, 0.3) is 11.5 Å². The van der Waals surface area contributed by atoms with E-state index in [0.717, 1.165) is 31.2 Å². The number of carbonyl (C=O) groups excluding carboxylic acids is 1. The van der Waals surface area contributed by atoms with Gasteiger partial charge in [0.05, 0.1) is 29.6 Å². The number of alkyl halides is 2. The number of rotatable bonds is 6. The van der Waals surface area contributed by atoms with E-state index in [9.17, 15) is 18.4 Å². The molecule has 1 N–H and O–H groups in total. The molecule has 1 saturated heterocycles. The number of aromatic nitrogens is 3. The van der Waals surface area contributed by atoms with Gasteiger partial charge in [-0.3, -0.25) is 14.2 Å². The van der Waals surface area contributed by atoms with Crippen molar-refractivity contribution in [2.75, 3.05) is 11.9 Å². The van der Waals surface area contributed by atoms with E-state index in [4.69, 9.17) is 14.5 Å². The summed E-state index contributed by atoms with van der Waals surface area (Å²) in [5.41, 5.74) is 0.185. The van der Waals surface area contributed by atoms with Gasteiger partial charge in [-0.1, -0.05) is 0 Å². The average Bonchev–Trinajstić information content (AvgIpc) is 3.44. The number of halogens is 2. The average molecular weight is 472 g/mol. The number of hydrogen-bond donors (Lipinski definition) is 1. The van der Waals surface area contributed by atoms with E-state index in [0.29, 0.717) is 18.0 Å². The first-order valence-electron chi connectivity index (χ1n) is 11.2. The van der Waals surface area contributed by atoms with E-state index in [1.54, 1.807) is 16.7 Å². The number of nitrogens with one attached hydrogen (secondary N) is 1. The first-order valence-corrected chi connectivity index (χ1v) is 11.2. The minimum atomic E-state index is -3.01. The van der Waals surface area contributed by atoms with Crippen LogP contribution in [-0.4, -0.2) is 38.2 Å². The van der Waals surface area contributed by atoms with Crippen LogP contribution in [-0.2, 0) is 10.2 Å². The first-order chi connectivity index (χ1) is 16.1. The maximum absolute atomic E-state index is 13.1. The summed E-state index contributed by atoms with van der Waals surface area (Å²) in [6, 6.07) is 4.24. The molecule has 0 aromatic carbocycles. The Bertz CT molecular complexity index is 1320. The molecule has 1 amide bonds. The number of imidazole rings is 1. The van der Waals surface area contributed by atoms with Crippen LogP contribution in [0.3, 0.4) is 0 Å². The summed E-state index contributed by atoms with van der Waals surface area (Å²) >= 11 is 0. The normalized spacial score (nSPS) is 23.9. The Morgan fingerprint density at radius 3 is 2.71 bits per heavy atom. The number of pyridine rings is 2. The Kier molecular flexibility index (Phi) is 5.23. The molecule has 4 heterocycles. The Morgan fingerprint density at radius 2 is 2.09 bits per heavy atom. The lowest BCUT2D eigenvalue weighted by Gasteiger charge is -2.24. The highest BCUT2D eigenvalue weighted by Crippen LogP contribution is 2.53. The molecule has 1 aliphatic heterocycles. The molecule has 0 unspecified atom stereocenters. The van der Waals surface area contributed by atoms with Crippen molar-refractivity contribution in [3.05, 3.63) is 58.4 Å². The fourth-order valence-corrected chi connectivity index (χ4v) is 4.99. The zero-order chi connectivity index (χ0) is 24.3. The summed E-state index contributed by atoms with van der Waals surface area (Å²) in [5.74, 6) is -0.355. The topological polar surface area (TPSA) is 86.9 Å². The largest absolute Gasteiger partial charge is 0.490 e. The molecule has 2 fully saturated rings. The van der Waals surface area contributed by atoms with Crippen LogP contribution in [0, 0.1) is 0 Å². The molecule has 2 atom stereocenters. The van der Waals surface area contributed by atoms with Crippen molar-refractivity contribution in [3.8, 4) is 5.75 Å². The molecule has 180 valence electrons. The lowest BCUT2D eigenvalue weighted by Crippen LogP contribution is -2.26. The second-order valence-electron chi connectivity index (χ2n) is 9.67. The van der Waals surface area contributed by atoms with Crippen LogP contribution in [0.4, 0.5) is 14.5 Å². The third-order valence-electron chi connectivity index (χ3n) is 6.68. The van der Waals surface area contributed by atoms with Crippen molar-refractivity contribution in [2.45, 2.75) is 63.7 Å². The lowest BCUT2D eigenvalue weighted by atomic mass is 9.84. The molecule has 2 bridgehead atoms. The standard InChI is InChI=1S/C24H26F2N4O4/c1-14(2)34-17-9-19-28-18(24-7-6-23(3,12-24)33-13-24)11-29(19)10-15(17)20(31)27-16-5-4-8-30(21(16)32)22(25)26/h4-5,8-11,14,22H,6-7,12-13H2,1-3H3,(H,27,31)/t23-,24-/m1/s1. The van der Waals surface area contributed by atoms with Crippen LogP contribution < -0.4 is 15.6 Å². The van der Waals surface area contributed by atoms with Crippen molar-refractivity contribution < 1.29 is 23.0 Å². The molecule has 5 rings (SSSR count). The van der Waals surface area contributed by atoms with E-state index in [1.165, 1.54) is 12.1 Å². The molecular formula is C24H26F2N4O4. The second kappa shape index (κ2) is 7.90. The molecule has 1 saturated carbocycles. The van der Waals surface area contributed by atoms with E-state index in [1.807, 2.05) is 20.0 Å². The van der Waals surface area contributed by atoms with Gasteiger partial charge >= 0.3 is 6.55 Å². The van der Waals surface area contributed by atoms with Crippen LogP contribution in [0.15, 0.2) is 41.6 Å². The van der Waals surface area contributed by atoms with Crippen molar-refractivity contribution in [1.82, 2.24) is 14.0 Å². The van der Waals surface area contributed by atoms with Crippen LogP contribution in [0.1, 0.15) is 62.6 Å². The van der Waals surface area contributed by atoms with Crippen LogP contribution in [0.5, 0.6) is 5.75 Å². The lowest BCUT2D eigenvalue weighted by molar-refractivity contribution is -0.00627. The molecule has 10 heteroatoms. The molecule has 3 aromatic rings. The molecule has 8 nitrogen and oxygen atoms in total. The highest BCUT2D eigenvalue weighted by molar-refractivity contribution is 6.06. The van der Waals surface area contributed by atoms with Gasteiger partial charge < -0.3 is 19.2 Å².